The Morgan fingerprint density at radius 2 is 1.89 bits per heavy atom. The smallest absolute Gasteiger partial charge is 0.326 e. The lowest BCUT2D eigenvalue weighted by atomic mass is 9.99. The first-order valence-electron chi connectivity index (χ1n) is 5.78. The summed E-state index contributed by atoms with van der Waals surface area (Å²) in [4.78, 5) is 34.9. The van der Waals surface area contributed by atoms with Crippen molar-refractivity contribution >= 4 is 17.9 Å². The standard InChI is InChI=1S/C11H21N3O4/c1-5-7(2)9(10(16)17)13-11(18)14(4)6-8(15)12-3/h7,9H,5-6H2,1-4H3,(H,12,15)(H,13,18)(H,16,17)/t7?,9-/m0/s1. The first-order valence-corrected chi connectivity index (χ1v) is 5.78. The normalized spacial score (nSPS) is 13.3. The van der Waals surface area contributed by atoms with Gasteiger partial charge >= 0.3 is 12.0 Å². The van der Waals surface area contributed by atoms with Gasteiger partial charge < -0.3 is 20.6 Å². The number of hydrogen-bond donors (Lipinski definition) is 3. The molecule has 18 heavy (non-hydrogen) atoms. The summed E-state index contributed by atoms with van der Waals surface area (Å²) < 4.78 is 0. The number of carboxylic acid groups (broad SMARTS) is 1. The summed E-state index contributed by atoms with van der Waals surface area (Å²) in [5, 5.41) is 13.8. The Hall–Kier alpha value is -1.79. The molecule has 0 aromatic carbocycles. The molecule has 7 nitrogen and oxygen atoms in total. The summed E-state index contributed by atoms with van der Waals surface area (Å²) in [7, 11) is 2.90. The number of carbonyl (C=O) groups excluding carboxylic acids is 2. The second-order valence-corrected chi connectivity index (χ2v) is 4.18. The number of rotatable bonds is 6. The second-order valence-electron chi connectivity index (χ2n) is 4.18. The van der Waals surface area contributed by atoms with Crippen LogP contribution in [0.3, 0.4) is 0 Å². The van der Waals surface area contributed by atoms with Crippen molar-refractivity contribution < 1.29 is 19.5 Å². The van der Waals surface area contributed by atoms with Crippen LogP contribution < -0.4 is 10.6 Å². The Morgan fingerprint density at radius 1 is 1.33 bits per heavy atom. The van der Waals surface area contributed by atoms with E-state index in [4.69, 9.17) is 5.11 Å². The molecule has 3 amide bonds. The first-order chi connectivity index (χ1) is 8.33. The minimum absolute atomic E-state index is 0.116. The molecule has 0 saturated heterocycles. The Balaban J connectivity index is 4.50. The SMILES string of the molecule is CCC(C)[C@H](NC(=O)N(C)CC(=O)NC)C(=O)O. The molecule has 1 unspecified atom stereocenters. The van der Waals surface area contributed by atoms with Crippen molar-refractivity contribution in [2.75, 3.05) is 20.6 Å². The lowest BCUT2D eigenvalue weighted by molar-refractivity contribution is -0.140. The van der Waals surface area contributed by atoms with Gasteiger partial charge in [-0.25, -0.2) is 9.59 Å². The number of aliphatic carboxylic acids is 1. The van der Waals surface area contributed by atoms with Gasteiger partial charge in [0, 0.05) is 14.1 Å². The maximum absolute atomic E-state index is 11.7. The summed E-state index contributed by atoms with van der Waals surface area (Å²) in [5.74, 6) is -1.58. The van der Waals surface area contributed by atoms with Crippen molar-refractivity contribution in [2.45, 2.75) is 26.3 Å². The number of carboxylic acids is 1. The highest BCUT2D eigenvalue weighted by Gasteiger charge is 2.26. The zero-order valence-electron chi connectivity index (χ0n) is 11.2. The Bertz CT molecular complexity index is 319. The van der Waals surface area contributed by atoms with E-state index in [9.17, 15) is 14.4 Å². The van der Waals surface area contributed by atoms with Crippen LogP contribution in [0.25, 0.3) is 0 Å². The molecule has 104 valence electrons. The van der Waals surface area contributed by atoms with Gasteiger partial charge in [0.15, 0.2) is 0 Å². The van der Waals surface area contributed by atoms with Crippen molar-refractivity contribution in [3.05, 3.63) is 0 Å². The molecule has 0 fully saturated rings. The average Bonchev–Trinajstić information content (AvgIpc) is 2.33. The van der Waals surface area contributed by atoms with E-state index in [2.05, 4.69) is 10.6 Å². The topological polar surface area (TPSA) is 98.7 Å². The van der Waals surface area contributed by atoms with Gasteiger partial charge in [0.05, 0.1) is 0 Å². The zero-order valence-corrected chi connectivity index (χ0v) is 11.2. The van der Waals surface area contributed by atoms with Crippen LogP contribution >= 0.6 is 0 Å². The highest BCUT2D eigenvalue weighted by molar-refractivity contribution is 5.86. The largest absolute Gasteiger partial charge is 0.480 e. The molecule has 3 N–H and O–H groups in total. The van der Waals surface area contributed by atoms with Crippen LogP contribution in [-0.2, 0) is 9.59 Å². The fourth-order valence-corrected chi connectivity index (χ4v) is 1.29. The lowest BCUT2D eigenvalue weighted by Crippen LogP contribution is -2.51. The van der Waals surface area contributed by atoms with Crippen molar-refractivity contribution in [1.82, 2.24) is 15.5 Å². The zero-order chi connectivity index (χ0) is 14.3. The summed E-state index contributed by atoms with van der Waals surface area (Å²) in [6, 6.07) is -1.53. The van der Waals surface area contributed by atoms with E-state index in [-0.39, 0.29) is 18.4 Å². The fourth-order valence-electron chi connectivity index (χ4n) is 1.29. The molecule has 0 bridgehead atoms. The molecule has 0 aromatic rings. The van der Waals surface area contributed by atoms with Crippen molar-refractivity contribution in [3.8, 4) is 0 Å². The van der Waals surface area contributed by atoms with Gasteiger partial charge in [-0.2, -0.15) is 0 Å². The van der Waals surface area contributed by atoms with Crippen molar-refractivity contribution in [2.24, 2.45) is 5.92 Å². The van der Waals surface area contributed by atoms with Crippen LogP contribution in [0.4, 0.5) is 4.79 Å². The van der Waals surface area contributed by atoms with Gasteiger partial charge in [-0.05, 0) is 5.92 Å². The van der Waals surface area contributed by atoms with Crippen molar-refractivity contribution in [3.63, 3.8) is 0 Å². The third-order valence-electron chi connectivity index (χ3n) is 2.76. The van der Waals surface area contributed by atoms with Crippen LogP contribution in [0.5, 0.6) is 0 Å². The molecule has 0 heterocycles. The fraction of sp³-hybridized carbons (Fsp3) is 0.727. The maximum atomic E-state index is 11.7. The van der Waals surface area contributed by atoms with E-state index in [1.54, 1.807) is 6.92 Å². The number of likely N-dealkylation sites (N-methyl/N-ethyl adjacent to an activating group) is 2. The van der Waals surface area contributed by atoms with E-state index < -0.39 is 18.0 Å². The molecular weight excluding hydrogens is 238 g/mol. The number of nitrogens with one attached hydrogen (secondary N) is 2. The molecule has 0 saturated carbocycles. The monoisotopic (exact) mass is 259 g/mol. The van der Waals surface area contributed by atoms with Gasteiger partial charge in [-0.3, -0.25) is 4.79 Å². The highest BCUT2D eigenvalue weighted by Crippen LogP contribution is 2.08. The van der Waals surface area contributed by atoms with Gasteiger partial charge in [0.2, 0.25) is 5.91 Å². The van der Waals surface area contributed by atoms with Crippen LogP contribution in [0.15, 0.2) is 0 Å². The number of amides is 3. The minimum Gasteiger partial charge on any atom is -0.480 e. The Morgan fingerprint density at radius 3 is 2.28 bits per heavy atom. The summed E-state index contributed by atoms with van der Waals surface area (Å²) in [6.07, 6.45) is 0.635. The van der Waals surface area contributed by atoms with E-state index in [1.165, 1.54) is 14.1 Å². The minimum atomic E-state index is -1.08. The molecule has 0 spiro atoms. The van der Waals surface area contributed by atoms with E-state index in [0.29, 0.717) is 6.42 Å². The van der Waals surface area contributed by atoms with Gasteiger partial charge in [-0.15, -0.1) is 0 Å². The molecule has 0 aliphatic carbocycles. The van der Waals surface area contributed by atoms with Gasteiger partial charge in [-0.1, -0.05) is 20.3 Å². The van der Waals surface area contributed by atoms with E-state index >= 15 is 0 Å². The van der Waals surface area contributed by atoms with E-state index in [0.717, 1.165) is 4.90 Å². The molecule has 2 atom stereocenters. The van der Waals surface area contributed by atoms with Crippen LogP contribution in [0, 0.1) is 5.92 Å². The Kier molecular flexibility index (Phi) is 6.77. The second kappa shape index (κ2) is 7.52. The maximum Gasteiger partial charge on any atom is 0.326 e. The number of nitrogens with zero attached hydrogens (tertiary/aromatic N) is 1. The molecular formula is C11H21N3O4. The van der Waals surface area contributed by atoms with E-state index in [1.807, 2.05) is 6.92 Å². The van der Waals surface area contributed by atoms with Crippen LogP contribution in [0.2, 0.25) is 0 Å². The number of urea groups is 1. The Labute approximate surface area is 107 Å². The van der Waals surface area contributed by atoms with Crippen molar-refractivity contribution in [1.29, 1.82) is 0 Å². The molecule has 0 aliphatic heterocycles. The summed E-state index contributed by atoms with van der Waals surface area (Å²) >= 11 is 0. The quantitative estimate of drug-likeness (QED) is 0.619. The third-order valence-corrected chi connectivity index (χ3v) is 2.76. The molecule has 0 aliphatic rings. The molecule has 0 aromatic heterocycles. The first kappa shape index (κ1) is 16.2. The number of hydrogen-bond acceptors (Lipinski definition) is 3. The van der Waals surface area contributed by atoms with Gasteiger partial charge in [0.25, 0.3) is 0 Å². The van der Waals surface area contributed by atoms with Crippen LogP contribution in [-0.4, -0.2) is 54.6 Å². The molecule has 7 heteroatoms. The summed E-state index contributed by atoms with van der Waals surface area (Å²) in [6.45, 7) is 3.48. The van der Waals surface area contributed by atoms with Gasteiger partial charge in [0.1, 0.15) is 12.6 Å². The third kappa shape index (κ3) is 5.03. The number of carbonyl (C=O) groups is 3. The predicted molar refractivity (Wildman–Crippen MR) is 66.1 cm³/mol. The average molecular weight is 259 g/mol. The summed E-state index contributed by atoms with van der Waals surface area (Å²) in [5.41, 5.74) is 0. The molecule has 0 radical (unpaired) electrons. The van der Waals surface area contributed by atoms with Crippen LogP contribution in [0.1, 0.15) is 20.3 Å². The molecule has 0 rings (SSSR count). The lowest BCUT2D eigenvalue weighted by Gasteiger charge is -2.24. The highest BCUT2D eigenvalue weighted by atomic mass is 16.4. The predicted octanol–water partition coefficient (Wildman–Crippen LogP) is -0.127.